The Labute approximate surface area is 117 Å². The van der Waals surface area contributed by atoms with Gasteiger partial charge in [0, 0.05) is 0 Å². The lowest BCUT2D eigenvalue weighted by Crippen LogP contribution is -2.57. The van der Waals surface area contributed by atoms with Crippen molar-refractivity contribution in [2.45, 2.75) is 72.1 Å². The van der Waals surface area contributed by atoms with E-state index in [1.54, 1.807) is 0 Å². The third-order valence-electron chi connectivity index (χ3n) is 6.96. The highest BCUT2D eigenvalue weighted by atomic mass is 16.4. The van der Waals surface area contributed by atoms with Crippen LogP contribution < -0.4 is 0 Å². The fourth-order valence-corrected chi connectivity index (χ4v) is 6.22. The van der Waals surface area contributed by atoms with Crippen LogP contribution in [0.4, 0.5) is 0 Å². The molecule has 0 spiro atoms. The monoisotopic (exact) mass is 264 g/mol. The van der Waals surface area contributed by atoms with Crippen LogP contribution in [-0.4, -0.2) is 11.1 Å². The first-order chi connectivity index (χ1) is 8.80. The summed E-state index contributed by atoms with van der Waals surface area (Å²) in [6.07, 6.45) is 9.79. The average Bonchev–Trinajstić information content (AvgIpc) is 2.25. The van der Waals surface area contributed by atoms with Crippen LogP contribution >= 0.6 is 0 Å². The number of carbonyl (C=O) groups is 1. The molecule has 108 valence electrons. The van der Waals surface area contributed by atoms with E-state index in [-0.39, 0.29) is 5.41 Å². The third kappa shape index (κ3) is 1.94. The van der Waals surface area contributed by atoms with Crippen molar-refractivity contribution in [3.63, 3.8) is 0 Å². The van der Waals surface area contributed by atoms with Gasteiger partial charge in [-0.15, -0.1) is 0 Å². The number of carboxylic acid groups (broad SMARTS) is 1. The van der Waals surface area contributed by atoms with Gasteiger partial charge in [-0.2, -0.15) is 0 Å². The molecule has 0 saturated heterocycles. The second kappa shape index (κ2) is 3.99. The first kappa shape index (κ1) is 13.5. The third-order valence-corrected chi connectivity index (χ3v) is 6.96. The lowest BCUT2D eigenvalue weighted by molar-refractivity contribution is -0.173. The first-order valence-electron chi connectivity index (χ1n) is 8.02. The predicted molar refractivity (Wildman–Crippen MR) is 75.9 cm³/mol. The Kier molecular flexibility index (Phi) is 2.82. The predicted octanol–water partition coefficient (Wildman–Crippen LogP) is 4.48. The molecule has 4 rings (SSSR count). The highest BCUT2D eigenvalue weighted by Crippen LogP contribution is 2.71. The Balaban J connectivity index is 1.94. The Bertz CT molecular complexity index is 382. The van der Waals surface area contributed by atoms with Crippen LogP contribution in [0.2, 0.25) is 0 Å². The number of hydrogen-bond acceptors (Lipinski definition) is 1. The molecule has 0 aromatic rings. The van der Waals surface area contributed by atoms with E-state index in [1.807, 2.05) is 0 Å². The number of rotatable bonds is 4. The summed E-state index contributed by atoms with van der Waals surface area (Å²) in [6.45, 7) is 6.79. The van der Waals surface area contributed by atoms with E-state index < -0.39 is 5.97 Å². The molecule has 0 aromatic carbocycles. The van der Waals surface area contributed by atoms with E-state index in [0.29, 0.717) is 17.3 Å². The molecule has 0 amide bonds. The van der Waals surface area contributed by atoms with E-state index in [1.165, 1.54) is 44.9 Å². The zero-order chi connectivity index (χ0) is 13.9. The molecule has 1 N–H and O–H groups in total. The smallest absolute Gasteiger partial charge is 0.303 e. The zero-order valence-electron chi connectivity index (χ0n) is 12.7. The van der Waals surface area contributed by atoms with Gasteiger partial charge in [-0.3, -0.25) is 4.79 Å². The Hall–Kier alpha value is -0.530. The Morgan fingerprint density at radius 3 is 2.26 bits per heavy atom. The maximum Gasteiger partial charge on any atom is 0.303 e. The molecule has 2 unspecified atom stereocenters. The van der Waals surface area contributed by atoms with Crippen LogP contribution in [0.5, 0.6) is 0 Å². The molecule has 0 heterocycles. The molecular formula is C17H28O2. The summed E-state index contributed by atoms with van der Waals surface area (Å²) in [4.78, 5) is 11.3. The van der Waals surface area contributed by atoms with Gasteiger partial charge in [0.25, 0.3) is 0 Å². The molecule has 2 nitrogen and oxygen atoms in total. The number of hydrogen-bond donors (Lipinski definition) is 1. The number of aliphatic carboxylic acids is 1. The van der Waals surface area contributed by atoms with E-state index in [2.05, 4.69) is 20.8 Å². The summed E-state index contributed by atoms with van der Waals surface area (Å²) in [6, 6.07) is 0. The van der Waals surface area contributed by atoms with Crippen LogP contribution in [0.3, 0.4) is 0 Å². The van der Waals surface area contributed by atoms with Gasteiger partial charge in [0.2, 0.25) is 0 Å². The maximum absolute atomic E-state index is 11.3. The largest absolute Gasteiger partial charge is 0.481 e. The molecule has 2 atom stereocenters. The topological polar surface area (TPSA) is 37.3 Å². The second-order valence-electron chi connectivity index (χ2n) is 8.55. The molecule has 4 aliphatic rings. The van der Waals surface area contributed by atoms with Gasteiger partial charge in [-0.1, -0.05) is 27.2 Å². The van der Waals surface area contributed by atoms with E-state index >= 15 is 0 Å². The van der Waals surface area contributed by atoms with Crippen molar-refractivity contribution in [1.29, 1.82) is 0 Å². The van der Waals surface area contributed by atoms with Crippen LogP contribution in [0.25, 0.3) is 0 Å². The first-order valence-corrected chi connectivity index (χ1v) is 8.02. The maximum atomic E-state index is 11.3. The van der Waals surface area contributed by atoms with Crippen LogP contribution in [0, 0.1) is 28.1 Å². The van der Waals surface area contributed by atoms with Gasteiger partial charge in [0.05, 0.1) is 6.42 Å². The fraction of sp³-hybridized carbons (Fsp3) is 0.941. The summed E-state index contributed by atoms with van der Waals surface area (Å²) in [5.74, 6) is 1.15. The average molecular weight is 264 g/mol. The van der Waals surface area contributed by atoms with Gasteiger partial charge in [0.1, 0.15) is 0 Å². The quantitative estimate of drug-likeness (QED) is 0.812. The van der Waals surface area contributed by atoms with Crippen molar-refractivity contribution in [3.8, 4) is 0 Å². The van der Waals surface area contributed by atoms with Crippen LogP contribution in [0.15, 0.2) is 0 Å². The molecule has 4 bridgehead atoms. The van der Waals surface area contributed by atoms with Gasteiger partial charge in [0.15, 0.2) is 0 Å². The minimum absolute atomic E-state index is 0.0446. The molecule has 2 heteroatoms. The van der Waals surface area contributed by atoms with Crippen molar-refractivity contribution in [1.82, 2.24) is 0 Å². The molecule has 4 aliphatic carbocycles. The lowest BCUT2D eigenvalue weighted by atomic mass is 9.38. The zero-order valence-corrected chi connectivity index (χ0v) is 12.7. The Morgan fingerprint density at radius 1 is 1.21 bits per heavy atom. The Morgan fingerprint density at radius 2 is 1.79 bits per heavy atom. The summed E-state index contributed by atoms with van der Waals surface area (Å²) >= 11 is 0. The summed E-state index contributed by atoms with van der Waals surface area (Å²) in [5, 5.41) is 9.27. The van der Waals surface area contributed by atoms with Crippen molar-refractivity contribution in [2.24, 2.45) is 28.1 Å². The SMILES string of the molecule is CCC12CC3CC(C1)CC(C(C)(C)CC(=O)O)(C3)C2. The van der Waals surface area contributed by atoms with E-state index in [0.717, 1.165) is 11.8 Å². The van der Waals surface area contributed by atoms with Crippen molar-refractivity contribution < 1.29 is 9.90 Å². The molecule has 19 heavy (non-hydrogen) atoms. The summed E-state index contributed by atoms with van der Waals surface area (Å²) in [5.41, 5.74) is 0.822. The van der Waals surface area contributed by atoms with E-state index in [9.17, 15) is 9.90 Å². The minimum atomic E-state index is -0.619. The van der Waals surface area contributed by atoms with Crippen LogP contribution in [0.1, 0.15) is 72.1 Å². The molecule has 0 aromatic heterocycles. The summed E-state index contributed by atoms with van der Waals surface area (Å²) < 4.78 is 0. The van der Waals surface area contributed by atoms with Gasteiger partial charge in [-0.05, 0) is 66.6 Å². The highest BCUT2D eigenvalue weighted by Gasteiger charge is 2.61. The highest BCUT2D eigenvalue weighted by molar-refractivity contribution is 5.67. The lowest BCUT2D eigenvalue weighted by Gasteiger charge is -2.66. The second-order valence-corrected chi connectivity index (χ2v) is 8.55. The van der Waals surface area contributed by atoms with Crippen molar-refractivity contribution in [2.75, 3.05) is 0 Å². The molecule has 0 radical (unpaired) electrons. The minimum Gasteiger partial charge on any atom is -0.481 e. The van der Waals surface area contributed by atoms with Gasteiger partial charge >= 0.3 is 5.97 Å². The van der Waals surface area contributed by atoms with Crippen LogP contribution in [-0.2, 0) is 4.79 Å². The fourth-order valence-electron chi connectivity index (χ4n) is 6.22. The molecule has 4 fully saturated rings. The standard InChI is InChI=1S/C17H28O2/c1-4-16-6-12-5-13(7-16)9-17(8-12,11-16)15(2,3)10-14(18)19/h12-13H,4-11H2,1-3H3,(H,18,19). The van der Waals surface area contributed by atoms with Crippen molar-refractivity contribution in [3.05, 3.63) is 0 Å². The van der Waals surface area contributed by atoms with Gasteiger partial charge < -0.3 is 5.11 Å². The molecule has 0 aliphatic heterocycles. The molecule has 4 saturated carbocycles. The number of carboxylic acids is 1. The van der Waals surface area contributed by atoms with Gasteiger partial charge in [-0.25, -0.2) is 0 Å². The normalized spacial score (nSPS) is 44.6. The van der Waals surface area contributed by atoms with Crippen molar-refractivity contribution >= 4 is 5.97 Å². The van der Waals surface area contributed by atoms with E-state index in [4.69, 9.17) is 0 Å². The molecular weight excluding hydrogens is 236 g/mol. The summed E-state index contributed by atoms with van der Waals surface area (Å²) in [7, 11) is 0.